The van der Waals surface area contributed by atoms with Gasteiger partial charge in [-0.3, -0.25) is 19.5 Å². The molecule has 29 heavy (non-hydrogen) atoms. The van der Waals surface area contributed by atoms with Crippen LogP contribution in [0.25, 0.3) is 16.7 Å². The molecule has 2 heterocycles. The highest BCUT2D eigenvalue weighted by Gasteiger charge is 2.23. The van der Waals surface area contributed by atoms with Crippen LogP contribution in [0.15, 0.2) is 29.2 Å². The molecule has 3 aromatic rings. The maximum atomic E-state index is 13.9. The van der Waals surface area contributed by atoms with Crippen molar-refractivity contribution in [3.8, 4) is 5.69 Å². The summed E-state index contributed by atoms with van der Waals surface area (Å²) >= 11 is 5.74. The summed E-state index contributed by atoms with van der Waals surface area (Å²) in [5, 5.41) is 10.3. The number of aromatic nitrogens is 2. The van der Waals surface area contributed by atoms with Gasteiger partial charge in [-0.05, 0) is 31.5 Å². The van der Waals surface area contributed by atoms with Crippen LogP contribution in [0.3, 0.4) is 0 Å². The fraction of sp³-hybridized carbons (Fsp3) is 0.167. The molecule has 0 saturated carbocycles. The fourth-order valence-corrected chi connectivity index (χ4v) is 2.92. The van der Waals surface area contributed by atoms with Crippen molar-refractivity contribution in [2.45, 2.75) is 13.8 Å². The number of hydrogen-bond acceptors (Lipinski definition) is 6. The summed E-state index contributed by atoms with van der Waals surface area (Å²) in [4.78, 5) is 38.9. The maximum absolute atomic E-state index is 13.9. The van der Waals surface area contributed by atoms with Crippen molar-refractivity contribution in [1.29, 1.82) is 0 Å². The lowest BCUT2D eigenvalue weighted by Gasteiger charge is -2.15. The summed E-state index contributed by atoms with van der Waals surface area (Å²) in [7, 11) is 0. The monoisotopic (exact) mass is 423 g/mol. The molecule has 0 aliphatic carbocycles. The van der Waals surface area contributed by atoms with Crippen LogP contribution < -0.4 is 5.43 Å². The Hall–Kier alpha value is -3.40. The number of benzene rings is 1. The highest BCUT2D eigenvalue weighted by atomic mass is 35.5. The average Bonchev–Trinajstić information content (AvgIpc) is 2.64. The van der Waals surface area contributed by atoms with Crippen LogP contribution >= 0.6 is 11.6 Å². The summed E-state index contributed by atoms with van der Waals surface area (Å²) in [6.07, 6.45) is 1.05. The number of rotatable bonds is 4. The topological polar surface area (TPSA) is 104 Å². The van der Waals surface area contributed by atoms with Gasteiger partial charge in [0.15, 0.2) is 11.0 Å². The number of pyridine rings is 2. The average molecular weight is 424 g/mol. The number of hydrogen-bond donors (Lipinski definition) is 0. The summed E-state index contributed by atoms with van der Waals surface area (Å²) in [5.74, 6) is -3.03. The Balaban J connectivity index is 2.47. The van der Waals surface area contributed by atoms with E-state index in [0.29, 0.717) is 0 Å². The van der Waals surface area contributed by atoms with Gasteiger partial charge in [-0.25, -0.2) is 14.2 Å². The molecular formula is C18H12ClF2N3O5. The molecule has 2 aromatic heterocycles. The molecule has 0 atom stereocenters. The molecule has 0 bridgehead atoms. The molecule has 0 aliphatic rings. The lowest BCUT2D eigenvalue weighted by molar-refractivity contribution is -0.387. The summed E-state index contributed by atoms with van der Waals surface area (Å²) in [6, 6.07) is 2.65. The highest BCUT2D eigenvalue weighted by Crippen LogP contribution is 2.28. The number of aryl methyl sites for hydroxylation is 1. The van der Waals surface area contributed by atoms with Crippen LogP contribution in [0, 0.1) is 28.7 Å². The highest BCUT2D eigenvalue weighted by molar-refractivity contribution is 6.29. The van der Waals surface area contributed by atoms with Crippen LogP contribution in [0.5, 0.6) is 0 Å². The molecule has 3 rings (SSSR count). The summed E-state index contributed by atoms with van der Waals surface area (Å²) in [5.41, 5.74) is -2.03. The fourth-order valence-electron chi connectivity index (χ4n) is 2.79. The van der Waals surface area contributed by atoms with Gasteiger partial charge < -0.3 is 4.74 Å². The Labute approximate surface area is 166 Å². The van der Waals surface area contributed by atoms with Gasteiger partial charge in [-0.2, -0.15) is 4.39 Å². The van der Waals surface area contributed by atoms with Crippen molar-refractivity contribution in [3.63, 3.8) is 0 Å². The van der Waals surface area contributed by atoms with Crippen molar-refractivity contribution < 1.29 is 23.2 Å². The number of carbonyl (C=O) groups is 1. The van der Waals surface area contributed by atoms with Crippen LogP contribution in [-0.2, 0) is 4.74 Å². The Kier molecular flexibility index (Phi) is 5.29. The molecular weight excluding hydrogens is 412 g/mol. The molecule has 0 spiro atoms. The Bertz CT molecular complexity index is 1240. The second-order valence-corrected chi connectivity index (χ2v) is 6.30. The van der Waals surface area contributed by atoms with Crippen molar-refractivity contribution >= 4 is 34.3 Å². The van der Waals surface area contributed by atoms with Gasteiger partial charge in [0.05, 0.1) is 22.6 Å². The molecule has 0 N–H and O–H groups in total. The smallest absolute Gasteiger partial charge is 0.343 e. The lowest BCUT2D eigenvalue weighted by Crippen LogP contribution is -2.21. The molecule has 0 unspecified atom stereocenters. The minimum absolute atomic E-state index is 0.0232. The predicted octanol–water partition coefficient (Wildman–Crippen LogP) is 3.71. The van der Waals surface area contributed by atoms with Crippen LogP contribution in [0.2, 0.25) is 5.15 Å². The van der Waals surface area contributed by atoms with Crippen molar-refractivity contribution in [1.82, 2.24) is 9.55 Å². The van der Waals surface area contributed by atoms with E-state index in [9.17, 15) is 28.5 Å². The minimum atomic E-state index is -1.07. The first kappa shape index (κ1) is 20.3. The van der Waals surface area contributed by atoms with Gasteiger partial charge in [0, 0.05) is 12.3 Å². The van der Waals surface area contributed by atoms with E-state index < -0.39 is 44.4 Å². The van der Waals surface area contributed by atoms with E-state index in [1.54, 1.807) is 0 Å². The maximum Gasteiger partial charge on any atom is 0.343 e. The Morgan fingerprint density at radius 3 is 2.62 bits per heavy atom. The summed E-state index contributed by atoms with van der Waals surface area (Å²) < 4.78 is 33.9. The molecule has 150 valence electrons. The molecule has 0 fully saturated rings. The first-order valence-electron chi connectivity index (χ1n) is 8.19. The second-order valence-electron chi connectivity index (χ2n) is 5.94. The number of fused-ring (bicyclic) bond motifs is 1. The number of nitro benzene ring substituents is 1. The molecule has 8 nitrogen and oxygen atoms in total. The van der Waals surface area contributed by atoms with E-state index in [4.69, 9.17) is 16.3 Å². The summed E-state index contributed by atoms with van der Waals surface area (Å²) in [6.45, 7) is 2.97. The third-order valence-electron chi connectivity index (χ3n) is 4.11. The van der Waals surface area contributed by atoms with Crippen LogP contribution in [0.1, 0.15) is 22.8 Å². The number of nitrogens with zero attached hydrogens (tertiary/aromatic N) is 3. The van der Waals surface area contributed by atoms with Gasteiger partial charge in [-0.15, -0.1) is 0 Å². The minimum Gasteiger partial charge on any atom is -0.462 e. The second kappa shape index (κ2) is 7.55. The Morgan fingerprint density at radius 1 is 1.31 bits per heavy atom. The molecule has 11 heteroatoms. The zero-order chi connectivity index (χ0) is 21.5. The van der Waals surface area contributed by atoms with Crippen molar-refractivity contribution in [2.24, 2.45) is 0 Å². The quantitative estimate of drug-likeness (QED) is 0.274. The molecule has 0 saturated heterocycles. The van der Waals surface area contributed by atoms with E-state index in [-0.39, 0.29) is 28.9 Å². The molecule has 0 aliphatic heterocycles. The van der Waals surface area contributed by atoms with Crippen molar-refractivity contribution in [3.05, 3.63) is 72.6 Å². The van der Waals surface area contributed by atoms with E-state index in [1.807, 2.05) is 0 Å². The SMILES string of the molecule is CCOC(=O)c1cn(-c2cc([N+](=O)[O-])c(F)cc2C)c2nc(Cl)c(F)cc2c1=O. The van der Waals surface area contributed by atoms with E-state index >= 15 is 0 Å². The number of esters is 1. The zero-order valence-electron chi connectivity index (χ0n) is 15.0. The van der Waals surface area contributed by atoms with Gasteiger partial charge in [0.2, 0.25) is 11.2 Å². The lowest BCUT2D eigenvalue weighted by atomic mass is 10.1. The first-order valence-corrected chi connectivity index (χ1v) is 8.57. The standard InChI is InChI=1S/C18H12ClF2N3O5/c1-3-29-18(26)10-7-23(13-6-14(24(27)28)11(20)4-8(13)2)17-9(15(10)25)5-12(21)16(19)22-17/h4-7H,3H2,1-2H3. The third kappa shape index (κ3) is 3.54. The number of halogens is 3. The van der Waals surface area contributed by atoms with Crippen molar-refractivity contribution in [2.75, 3.05) is 6.61 Å². The normalized spacial score (nSPS) is 10.9. The first-order chi connectivity index (χ1) is 13.6. The molecule has 1 aromatic carbocycles. The van der Waals surface area contributed by atoms with E-state index in [1.165, 1.54) is 13.8 Å². The van der Waals surface area contributed by atoms with Gasteiger partial charge in [0.25, 0.3) is 0 Å². The van der Waals surface area contributed by atoms with Crippen LogP contribution in [0.4, 0.5) is 14.5 Å². The van der Waals surface area contributed by atoms with Crippen LogP contribution in [-0.4, -0.2) is 27.1 Å². The number of ether oxygens (including phenoxy) is 1. The Morgan fingerprint density at radius 2 is 2.00 bits per heavy atom. The zero-order valence-corrected chi connectivity index (χ0v) is 15.8. The van der Waals surface area contributed by atoms with E-state index in [0.717, 1.165) is 29.0 Å². The number of carbonyl (C=O) groups excluding carboxylic acids is 1. The third-order valence-corrected chi connectivity index (χ3v) is 4.37. The number of nitro groups is 1. The van der Waals surface area contributed by atoms with E-state index in [2.05, 4.69) is 4.98 Å². The molecule has 0 amide bonds. The predicted molar refractivity (Wildman–Crippen MR) is 99.6 cm³/mol. The largest absolute Gasteiger partial charge is 0.462 e. The van der Waals surface area contributed by atoms with Gasteiger partial charge in [0.1, 0.15) is 11.2 Å². The molecule has 0 radical (unpaired) electrons. The van der Waals surface area contributed by atoms with Gasteiger partial charge in [-0.1, -0.05) is 11.6 Å². The van der Waals surface area contributed by atoms with Gasteiger partial charge >= 0.3 is 11.7 Å².